The molecule has 8 heteroatoms. The van der Waals surface area contributed by atoms with Crippen LogP contribution in [0.3, 0.4) is 0 Å². The number of nitrogens with zero attached hydrogens (tertiary/aromatic N) is 2. The van der Waals surface area contributed by atoms with Crippen LogP contribution in [-0.2, 0) is 23.6 Å². The molecule has 1 aliphatic rings. The van der Waals surface area contributed by atoms with Gasteiger partial charge in [0.25, 0.3) is 5.56 Å². The van der Waals surface area contributed by atoms with Crippen molar-refractivity contribution < 1.29 is 14.3 Å². The summed E-state index contributed by atoms with van der Waals surface area (Å²) in [5.74, 6) is -0.262. The molecular formula is C21H23N3O5. The number of esters is 1. The molecule has 1 aliphatic heterocycles. The third-order valence-corrected chi connectivity index (χ3v) is 4.99. The molecule has 0 fully saturated rings. The standard InChI is InChI=1S/C21H23N3O5/c1-6-11-29-20(26)15-12(2)22-18-17(19(25)24(4)21(27)23(18)3)16(15)13-7-9-14(28-5)10-8-13/h6-10,16,22H,1,11H2,2-5H3/t16-/m1/s1. The molecule has 152 valence electrons. The molecule has 1 N–H and O–H groups in total. The minimum Gasteiger partial charge on any atom is -0.497 e. The average Bonchev–Trinajstić information content (AvgIpc) is 2.73. The van der Waals surface area contributed by atoms with Crippen molar-refractivity contribution in [2.75, 3.05) is 19.0 Å². The highest BCUT2D eigenvalue weighted by atomic mass is 16.5. The molecule has 0 bridgehead atoms. The number of benzene rings is 1. The predicted octanol–water partition coefficient (Wildman–Crippen LogP) is 1.65. The number of nitrogens with one attached hydrogen (secondary N) is 1. The highest BCUT2D eigenvalue weighted by molar-refractivity contribution is 5.94. The van der Waals surface area contributed by atoms with Crippen LogP contribution in [0.25, 0.3) is 0 Å². The van der Waals surface area contributed by atoms with Crippen LogP contribution in [0.1, 0.15) is 24.0 Å². The van der Waals surface area contributed by atoms with Crippen LogP contribution in [0, 0.1) is 0 Å². The molecule has 3 rings (SSSR count). The predicted molar refractivity (Wildman–Crippen MR) is 109 cm³/mol. The first-order chi connectivity index (χ1) is 13.8. The van der Waals surface area contributed by atoms with E-state index in [4.69, 9.17) is 9.47 Å². The summed E-state index contributed by atoms with van der Waals surface area (Å²) < 4.78 is 12.9. The zero-order valence-electron chi connectivity index (χ0n) is 16.8. The van der Waals surface area contributed by atoms with Gasteiger partial charge in [-0.3, -0.25) is 13.9 Å². The van der Waals surface area contributed by atoms with E-state index < -0.39 is 23.1 Å². The first kappa shape index (κ1) is 20.2. The van der Waals surface area contributed by atoms with Gasteiger partial charge in [-0.15, -0.1) is 0 Å². The van der Waals surface area contributed by atoms with Gasteiger partial charge in [0.05, 0.1) is 24.2 Å². The van der Waals surface area contributed by atoms with Crippen LogP contribution in [0.2, 0.25) is 0 Å². The van der Waals surface area contributed by atoms with Crippen molar-refractivity contribution in [2.45, 2.75) is 12.8 Å². The molecule has 0 saturated carbocycles. The number of anilines is 1. The van der Waals surface area contributed by atoms with E-state index in [1.54, 1.807) is 45.3 Å². The van der Waals surface area contributed by atoms with E-state index in [9.17, 15) is 14.4 Å². The van der Waals surface area contributed by atoms with Gasteiger partial charge in [-0.05, 0) is 24.6 Å². The molecule has 0 spiro atoms. The molecule has 29 heavy (non-hydrogen) atoms. The number of carbonyl (C=O) groups excluding carboxylic acids is 1. The van der Waals surface area contributed by atoms with Crippen molar-refractivity contribution in [3.05, 3.63) is 80.2 Å². The lowest BCUT2D eigenvalue weighted by Crippen LogP contribution is -2.43. The second-order valence-corrected chi connectivity index (χ2v) is 6.73. The van der Waals surface area contributed by atoms with E-state index in [0.29, 0.717) is 34.0 Å². The molecule has 0 aliphatic carbocycles. The van der Waals surface area contributed by atoms with E-state index >= 15 is 0 Å². The molecule has 1 atom stereocenters. The second-order valence-electron chi connectivity index (χ2n) is 6.73. The number of hydrogen-bond acceptors (Lipinski definition) is 6. The van der Waals surface area contributed by atoms with Gasteiger partial charge in [-0.2, -0.15) is 0 Å². The minimum atomic E-state index is -0.708. The number of fused-ring (bicyclic) bond motifs is 1. The molecule has 0 unspecified atom stereocenters. The summed E-state index contributed by atoms with van der Waals surface area (Å²) >= 11 is 0. The van der Waals surface area contributed by atoms with Crippen molar-refractivity contribution in [3.63, 3.8) is 0 Å². The summed E-state index contributed by atoms with van der Waals surface area (Å²) in [5.41, 5.74) is 0.888. The number of carbonyl (C=O) groups is 1. The molecule has 2 heterocycles. The number of aromatic nitrogens is 2. The molecule has 2 aromatic rings. The van der Waals surface area contributed by atoms with Gasteiger partial charge < -0.3 is 14.8 Å². The highest BCUT2D eigenvalue weighted by Crippen LogP contribution is 2.40. The molecule has 1 aromatic carbocycles. The zero-order chi connectivity index (χ0) is 21.3. The fraction of sp³-hybridized carbons (Fsp3) is 0.286. The lowest BCUT2D eigenvalue weighted by atomic mass is 9.82. The summed E-state index contributed by atoms with van der Waals surface area (Å²) in [6.45, 7) is 5.32. The zero-order valence-corrected chi connectivity index (χ0v) is 16.8. The second kappa shape index (κ2) is 7.83. The Labute approximate surface area is 167 Å². The van der Waals surface area contributed by atoms with E-state index in [2.05, 4.69) is 11.9 Å². The first-order valence-corrected chi connectivity index (χ1v) is 9.01. The molecule has 1 aromatic heterocycles. The van der Waals surface area contributed by atoms with E-state index in [0.717, 1.165) is 4.57 Å². The number of allylic oxidation sites excluding steroid dienone is 1. The molecular weight excluding hydrogens is 374 g/mol. The third-order valence-electron chi connectivity index (χ3n) is 4.99. The smallest absolute Gasteiger partial charge is 0.337 e. The lowest BCUT2D eigenvalue weighted by Gasteiger charge is -2.30. The van der Waals surface area contributed by atoms with Crippen LogP contribution in [0.4, 0.5) is 5.82 Å². The minimum absolute atomic E-state index is 0.0447. The van der Waals surface area contributed by atoms with E-state index in [1.165, 1.54) is 17.7 Å². The van der Waals surface area contributed by atoms with Crippen molar-refractivity contribution in [2.24, 2.45) is 14.1 Å². The molecule has 8 nitrogen and oxygen atoms in total. The summed E-state index contributed by atoms with van der Waals surface area (Å²) in [6.07, 6.45) is 1.48. The van der Waals surface area contributed by atoms with Gasteiger partial charge in [-0.1, -0.05) is 24.8 Å². The van der Waals surface area contributed by atoms with Gasteiger partial charge in [0.1, 0.15) is 18.2 Å². The highest BCUT2D eigenvalue weighted by Gasteiger charge is 2.37. The summed E-state index contributed by atoms with van der Waals surface area (Å²) in [6, 6.07) is 7.09. The van der Waals surface area contributed by atoms with Crippen molar-refractivity contribution in [1.29, 1.82) is 0 Å². The average molecular weight is 397 g/mol. The van der Waals surface area contributed by atoms with Crippen molar-refractivity contribution in [3.8, 4) is 5.75 Å². The Morgan fingerprint density at radius 1 is 1.21 bits per heavy atom. The topological polar surface area (TPSA) is 91.6 Å². The van der Waals surface area contributed by atoms with Crippen molar-refractivity contribution in [1.82, 2.24) is 9.13 Å². The molecule has 0 amide bonds. The first-order valence-electron chi connectivity index (χ1n) is 9.01. The Kier molecular flexibility index (Phi) is 5.45. The monoisotopic (exact) mass is 397 g/mol. The number of ether oxygens (including phenoxy) is 2. The summed E-state index contributed by atoms with van der Waals surface area (Å²) in [5, 5.41) is 3.04. The van der Waals surface area contributed by atoms with Gasteiger partial charge in [0, 0.05) is 19.8 Å². The fourth-order valence-corrected chi connectivity index (χ4v) is 3.50. The van der Waals surface area contributed by atoms with Crippen LogP contribution in [0.15, 0.2) is 57.8 Å². The van der Waals surface area contributed by atoms with Crippen LogP contribution in [-0.4, -0.2) is 28.8 Å². The maximum Gasteiger partial charge on any atom is 0.337 e. The van der Waals surface area contributed by atoms with Gasteiger partial charge in [0.15, 0.2) is 0 Å². The van der Waals surface area contributed by atoms with Gasteiger partial charge >= 0.3 is 11.7 Å². The van der Waals surface area contributed by atoms with Gasteiger partial charge in [-0.25, -0.2) is 9.59 Å². The SMILES string of the molecule is C=CCOC(=O)C1=C(C)Nc2c(c(=O)n(C)c(=O)n2C)[C@@H]1c1ccc(OC)cc1. The normalized spacial score (nSPS) is 15.4. The summed E-state index contributed by atoms with van der Waals surface area (Å²) in [4.78, 5) is 38.3. The Morgan fingerprint density at radius 3 is 2.45 bits per heavy atom. The van der Waals surface area contributed by atoms with Crippen LogP contribution in [0.5, 0.6) is 5.75 Å². The summed E-state index contributed by atoms with van der Waals surface area (Å²) in [7, 11) is 4.55. The number of rotatable bonds is 5. The van der Waals surface area contributed by atoms with Crippen molar-refractivity contribution >= 4 is 11.8 Å². The Bertz CT molecular complexity index is 1120. The largest absolute Gasteiger partial charge is 0.497 e. The Balaban J connectivity index is 2.31. The van der Waals surface area contributed by atoms with Crippen LogP contribution < -0.4 is 21.3 Å². The maximum absolute atomic E-state index is 13.1. The van der Waals surface area contributed by atoms with Crippen LogP contribution >= 0.6 is 0 Å². The Hall–Kier alpha value is -3.55. The lowest BCUT2D eigenvalue weighted by molar-refractivity contribution is -0.138. The number of hydrogen-bond donors (Lipinski definition) is 1. The quantitative estimate of drug-likeness (QED) is 0.609. The van der Waals surface area contributed by atoms with Gasteiger partial charge in [0.2, 0.25) is 0 Å². The van der Waals surface area contributed by atoms with E-state index in [1.807, 2.05) is 0 Å². The number of methoxy groups -OCH3 is 1. The van der Waals surface area contributed by atoms with E-state index in [-0.39, 0.29) is 6.61 Å². The maximum atomic E-state index is 13.1. The fourth-order valence-electron chi connectivity index (χ4n) is 3.50. The molecule has 0 radical (unpaired) electrons. The molecule has 0 saturated heterocycles. The third kappa shape index (κ3) is 3.37. The Morgan fingerprint density at radius 2 is 1.86 bits per heavy atom.